The van der Waals surface area contributed by atoms with Crippen molar-refractivity contribution >= 4 is 51.1 Å². The fourth-order valence-electron chi connectivity index (χ4n) is 4.23. The second-order valence-electron chi connectivity index (χ2n) is 8.28. The maximum absolute atomic E-state index is 12.8. The summed E-state index contributed by atoms with van der Waals surface area (Å²) in [5, 5.41) is 18.0. The van der Waals surface area contributed by atoms with Gasteiger partial charge in [-0.05, 0) is 91.9 Å². The Bertz CT molecular complexity index is 1370. The first-order valence-corrected chi connectivity index (χ1v) is 12.3. The molecule has 0 radical (unpaired) electrons. The van der Waals surface area contributed by atoms with E-state index in [9.17, 15) is 4.79 Å². The van der Waals surface area contributed by atoms with Gasteiger partial charge < -0.3 is 4.57 Å². The van der Waals surface area contributed by atoms with E-state index in [1.165, 1.54) is 32.8 Å². The number of thioether (sulfide) groups is 1. The predicted molar refractivity (Wildman–Crippen MR) is 138 cm³/mol. The number of carbonyl (C=O) groups is 1. The van der Waals surface area contributed by atoms with Crippen molar-refractivity contribution in [2.75, 3.05) is 0 Å². The monoisotopic (exact) mass is 473 g/mol. The van der Waals surface area contributed by atoms with E-state index in [1.807, 2.05) is 24.4 Å². The molecule has 2 aliphatic rings. The number of aliphatic imine (C=N–C) groups is 1. The zero-order valence-electron chi connectivity index (χ0n) is 18.8. The SMILES string of the molecule is Cc1cc(C)cc(-n2c(C)cc(/C=C3\C(=N)N4N=C(Cc5cccs5)SC4=NC3=O)c2C)c1. The van der Waals surface area contributed by atoms with Crippen LogP contribution in [0.15, 0.2) is 57.4 Å². The van der Waals surface area contributed by atoms with Crippen molar-refractivity contribution in [3.05, 3.63) is 80.3 Å². The van der Waals surface area contributed by atoms with Gasteiger partial charge in [-0.2, -0.15) is 15.1 Å². The number of aryl methyl sites for hydroxylation is 3. The summed E-state index contributed by atoms with van der Waals surface area (Å²) in [5.41, 5.74) is 6.72. The van der Waals surface area contributed by atoms with Gasteiger partial charge in [0.05, 0.1) is 5.57 Å². The van der Waals surface area contributed by atoms with E-state index in [-0.39, 0.29) is 11.4 Å². The number of amides is 1. The molecule has 0 bridgehead atoms. The zero-order chi connectivity index (χ0) is 23.3. The standard InChI is InChI=1S/C25H23N5OS2/c1-14-8-15(2)10-19(9-14)29-16(3)11-18(17(29)4)12-21-23(26)30-25(27-24(21)31)33-22(28-30)13-20-6-5-7-32-20/h5-12,26H,13H2,1-4H3/b21-12+,26-23?. The Kier molecular flexibility index (Phi) is 5.42. The molecule has 0 saturated carbocycles. The summed E-state index contributed by atoms with van der Waals surface area (Å²) >= 11 is 3.02. The van der Waals surface area contributed by atoms with Crippen molar-refractivity contribution in [2.45, 2.75) is 34.1 Å². The van der Waals surface area contributed by atoms with Crippen LogP contribution in [0.1, 0.15) is 33.0 Å². The number of aromatic nitrogens is 1. The minimum atomic E-state index is -0.400. The molecular formula is C25H23N5OS2. The van der Waals surface area contributed by atoms with E-state index in [0.29, 0.717) is 11.6 Å². The van der Waals surface area contributed by atoms with E-state index in [4.69, 9.17) is 5.41 Å². The molecule has 1 amide bonds. The normalized spacial score (nSPS) is 17.0. The molecule has 1 N–H and O–H groups in total. The van der Waals surface area contributed by atoms with Gasteiger partial charge in [0.2, 0.25) is 5.17 Å². The Morgan fingerprint density at radius 2 is 1.85 bits per heavy atom. The van der Waals surface area contributed by atoms with Gasteiger partial charge in [-0.3, -0.25) is 10.2 Å². The van der Waals surface area contributed by atoms with Gasteiger partial charge in [0.1, 0.15) is 5.04 Å². The van der Waals surface area contributed by atoms with Crippen LogP contribution in [0.3, 0.4) is 0 Å². The fourth-order valence-corrected chi connectivity index (χ4v) is 5.94. The van der Waals surface area contributed by atoms with Crippen molar-refractivity contribution in [2.24, 2.45) is 10.1 Å². The van der Waals surface area contributed by atoms with E-state index < -0.39 is 5.91 Å². The number of hydrazone groups is 1. The Labute approximate surface area is 200 Å². The van der Waals surface area contributed by atoms with Crippen molar-refractivity contribution in [3.8, 4) is 5.69 Å². The Morgan fingerprint density at radius 1 is 1.09 bits per heavy atom. The van der Waals surface area contributed by atoms with E-state index >= 15 is 0 Å². The molecule has 0 saturated heterocycles. The second-order valence-corrected chi connectivity index (χ2v) is 10.4. The Hall–Kier alpha value is -3.23. The van der Waals surface area contributed by atoms with Crippen LogP contribution in [0.4, 0.5) is 0 Å². The van der Waals surface area contributed by atoms with Crippen LogP contribution in [0.2, 0.25) is 0 Å². The number of fused-ring (bicyclic) bond motifs is 1. The fraction of sp³-hybridized carbons (Fsp3) is 0.200. The zero-order valence-corrected chi connectivity index (χ0v) is 20.5. The third-order valence-corrected chi connectivity index (χ3v) is 7.42. The molecule has 8 heteroatoms. The summed E-state index contributed by atoms with van der Waals surface area (Å²) < 4.78 is 2.18. The number of benzene rings is 1. The third-order valence-electron chi connectivity index (χ3n) is 5.64. The summed E-state index contributed by atoms with van der Waals surface area (Å²) in [4.78, 5) is 18.3. The molecule has 6 nitrogen and oxygen atoms in total. The number of hydrogen-bond acceptors (Lipinski definition) is 5. The maximum Gasteiger partial charge on any atom is 0.283 e. The van der Waals surface area contributed by atoms with Crippen LogP contribution in [0, 0.1) is 33.1 Å². The molecular weight excluding hydrogens is 450 g/mol. The van der Waals surface area contributed by atoms with Crippen LogP contribution >= 0.6 is 23.1 Å². The van der Waals surface area contributed by atoms with E-state index in [0.717, 1.165) is 27.7 Å². The van der Waals surface area contributed by atoms with Crippen molar-refractivity contribution in [1.82, 2.24) is 9.58 Å². The minimum absolute atomic E-state index is 0.0647. The molecule has 3 aromatic rings. The highest BCUT2D eigenvalue weighted by atomic mass is 32.2. The first kappa shape index (κ1) is 21.6. The Morgan fingerprint density at radius 3 is 2.55 bits per heavy atom. The van der Waals surface area contributed by atoms with Crippen LogP contribution in [0.5, 0.6) is 0 Å². The van der Waals surface area contributed by atoms with Crippen molar-refractivity contribution in [1.29, 1.82) is 5.41 Å². The van der Waals surface area contributed by atoms with Crippen LogP contribution in [-0.2, 0) is 11.2 Å². The molecule has 4 heterocycles. The quantitative estimate of drug-likeness (QED) is 0.499. The molecule has 33 heavy (non-hydrogen) atoms. The number of nitrogens with zero attached hydrogens (tertiary/aromatic N) is 4. The van der Waals surface area contributed by atoms with Gasteiger partial charge in [0, 0.05) is 28.4 Å². The molecule has 5 rings (SSSR count). The molecule has 1 aromatic carbocycles. The summed E-state index contributed by atoms with van der Waals surface area (Å²) in [6, 6.07) is 12.6. The highest BCUT2D eigenvalue weighted by Crippen LogP contribution is 2.31. The lowest BCUT2D eigenvalue weighted by Crippen LogP contribution is -2.35. The molecule has 0 spiro atoms. The average molecular weight is 474 g/mol. The van der Waals surface area contributed by atoms with Gasteiger partial charge in [0.15, 0.2) is 5.84 Å². The number of nitrogens with one attached hydrogen (secondary N) is 1. The highest BCUT2D eigenvalue weighted by Gasteiger charge is 2.35. The van der Waals surface area contributed by atoms with Crippen LogP contribution in [-0.4, -0.2) is 31.5 Å². The molecule has 0 unspecified atom stereocenters. The van der Waals surface area contributed by atoms with Gasteiger partial charge >= 0.3 is 0 Å². The lowest BCUT2D eigenvalue weighted by molar-refractivity contribution is -0.114. The van der Waals surface area contributed by atoms with Crippen molar-refractivity contribution < 1.29 is 4.79 Å². The van der Waals surface area contributed by atoms with Crippen molar-refractivity contribution in [3.63, 3.8) is 0 Å². The lowest BCUT2D eigenvalue weighted by Gasteiger charge is -2.20. The average Bonchev–Trinajstić information content (AvgIpc) is 3.45. The van der Waals surface area contributed by atoms with Gasteiger partial charge in [-0.1, -0.05) is 12.1 Å². The summed E-state index contributed by atoms with van der Waals surface area (Å²) in [7, 11) is 0. The number of thiophene rings is 1. The smallest absolute Gasteiger partial charge is 0.283 e. The molecule has 0 aliphatic carbocycles. The lowest BCUT2D eigenvalue weighted by atomic mass is 10.1. The van der Waals surface area contributed by atoms with E-state index in [1.54, 1.807) is 17.4 Å². The molecule has 2 aliphatic heterocycles. The molecule has 0 atom stereocenters. The molecule has 166 valence electrons. The topological polar surface area (TPSA) is 73.8 Å². The third kappa shape index (κ3) is 4.00. The number of carbonyl (C=O) groups excluding carboxylic acids is 1. The Balaban J connectivity index is 1.49. The number of amidine groups is 2. The first-order valence-electron chi connectivity index (χ1n) is 10.6. The summed E-state index contributed by atoms with van der Waals surface area (Å²) in [6.45, 7) is 8.26. The summed E-state index contributed by atoms with van der Waals surface area (Å²) in [6.07, 6.45) is 2.44. The number of hydrogen-bond donors (Lipinski definition) is 1. The van der Waals surface area contributed by atoms with Gasteiger partial charge in [-0.15, -0.1) is 11.3 Å². The maximum atomic E-state index is 12.8. The number of rotatable bonds is 4. The highest BCUT2D eigenvalue weighted by molar-refractivity contribution is 8.27. The van der Waals surface area contributed by atoms with Crippen LogP contribution < -0.4 is 0 Å². The first-order chi connectivity index (χ1) is 15.8. The van der Waals surface area contributed by atoms with Crippen LogP contribution in [0.25, 0.3) is 11.8 Å². The molecule has 0 fully saturated rings. The largest absolute Gasteiger partial charge is 0.318 e. The van der Waals surface area contributed by atoms with Gasteiger partial charge in [-0.25, -0.2) is 0 Å². The van der Waals surface area contributed by atoms with Gasteiger partial charge in [0.25, 0.3) is 5.91 Å². The molecule has 2 aromatic heterocycles. The second kappa shape index (κ2) is 8.28. The predicted octanol–water partition coefficient (Wildman–Crippen LogP) is 5.63. The summed E-state index contributed by atoms with van der Waals surface area (Å²) in [5.74, 6) is -0.336. The minimum Gasteiger partial charge on any atom is -0.318 e. The van der Waals surface area contributed by atoms with E-state index in [2.05, 4.69) is 59.7 Å².